The molecule has 0 saturated heterocycles. The molecule has 6 heteroatoms. The minimum absolute atomic E-state index is 0.00414. The molecule has 0 unspecified atom stereocenters. The van der Waals surface area contributed by atoms with E-state index in [0.717, 1.165) is 0 Å². The maximum atomic E-state index is 11.7. The lowest BCUT2D eigenvalue weighted by Gasteiger charge is -2.11. The number of nitrogens with one attached hydrogen (secondary N) is 1. The van der Waals surface area contributed by atoms with Crippen LogP contribution in [0.1, 0.15) is 12.8 Å². The van der Waals surface area contributed by atoms with Gasteiger partial charge in [-0.1, -0.05) is 12.1 Å². The first-order valence-electron chi connectivity index (χ1n) is 5.33. The highest BCUT2D eigenvalue weighted by atomic mass is 32.2. The molecule has 0 heterocycles. The maximum absolute atomic E-state index is 11.7. The van der Waals surface area contributed by atoms with E-state index in [1.807, 2.05) is 0 Å². The van der Waals surface area contributed by atoms with Gasteiger partial charge in [0.05, 0.1) is 18.6 Å². The van der Waals surface area contributed by atoms with Crippen LogP contribution in [0, 0.1) is 0 Å². The molecule has 5 nitrogen and oxygen atoms in total. The van der Waals surface area contributed by atoms with E-state index in [1.54, 1.807) is 24.3 Å². The normalized spacial score (nSPS) is 11.2. The summed E-state index contributed by atoms with van der Waals surface area (Å²) in [6.07, 6.45) is 0.911. The van der Waals surface area contributed by atoms with Crippen molar-refractivity contribution in [3.05, 3.63) is 24.3 Å². The molecule has 2 N–H and O–H groups in total. The Labute approximate surface area is 101 Å². The van der Waals surface area contributed by atoms with Crippen LogP contribution >= 0.6 is 0 Å². The highest BCUT2D eigenvalue weighted by Gasteiger charge is 2.12. The Balaban J connectivity index is 2.69. The van der Waals surface area contributed by atoms with Gasteiger partial charge in [0.1, 0.15) is 5.75 Å². The fraction of sp³-hybridized carbons (Fsp3) is 0.455. The van der Waals surface area contributed by atoms with Crippen LogP contribution in [0.25, 0.3) is 0 Å². The van der Waals surface area contributed by atoms with Gasteiger partial charge in [-0.15, -0.1) is 0 Å². The van der Waals surface area contributed by atoms with Crippen LogP contribution < -0.4 is 9.46 Å². The fourth-order valence-corrected chi connectivity index (χ4v) is 2.54. The molecule has 1 aromatic carbocycles. The molecule has 0 aliphatic carbocycles. The predicted octanol–water partition coefficient (Wildman–Crippen LogP) is 1.21. The molecule has 0 fully saturated rings. The van der Waals surface area contributed by atoms with Crippen molar-refractivity contribution >= 4 is 15.7 Å². The minimum atomic E-state index is -3.38. The van der Waals surface area contributed by atoms with E-state index in [0.29, 0.717) is 24.3 Å². The average molecular weight is 259 g/mol. The molecule has 0 aromatic heterocycles. The van der Waals surface area contributed by atoms with Crippen LogP contribution in [-0.2, 0) is 10.0 Å². The summed E-state index contributed by atoms with van der Waals surface area (Å²) >= 11 is 0. The number of sulfonamides is 1. The van der Waals surface area contributed by atoms with Crippen molar-refractivity contribution in [2.75, 3.05) is 24.2 Å². The van der Waals surface area contributed by atoms with Crippen LogP contribution in [0.4, 0.5) is 5.69 Å². The number of unbranched alkanes of at least 4 members (excludes halogenated alkanes) is 1. The highest BCUT2D eigenvalue weighted by molar-refractivity contribution is 7.92. The van der Waals surface area contributed by atoms with Crippen molar-refractivity contribution < 1.29 is 18.3 Å². The standard InChI is InChI=1S/C11H17NO4S/c1-16-11-7-3-2-6-10(11)12-17(14,15)9-5-4-8-13/h2-3,6-7,12-13H,4-5,8-9H2,1H3. The first-order valence-corrected chi connectivity index (χ1v) is 6.98. The summed E-state index contributed by atoms with van der Waals surface area (Å²) in [6, 6.07) is 6.82. The molecule has 0 aliphatic heterocycles. The highest BCUT2D eigenvalue weighted by Crippen LogP contribution is 2.24. The first kappa shape index (κ1) is 13.8. The molecule has 0 atom stereocenters. The second kappa shape index (κ2) is 6.46. The fourth-order valence-electron chi connectivity index (χ4n) is 1.35. The largest absolute Gasteiger partial charge is 0.495 e. The van der Waals surface area contributed by atoms with Crippen molar-refractivity contribution in [1.29, 1.82) is 0 Å². The third-order valence-electron chi connectivity index (χ3n) is 2.19. The molecule has 0 aliphatic rings. The number of methoxy groups -OCH3 is 1. The zero-order valence-corrected chi connectivity index (χ0v) is 10.5. The topological polar surface area (TPSA) is 75.6 Å². The Bertz CT molecular complexity index is 445. The average Bonchev–Trinajstić information content (AvgIpc) is 2.29. The van der Waals surface area contributed by atoms with Crippen molar-refractivity contribution in [2.45, 2.75) is 12.8 Å². The minimum Gasteiger partial charge on any atom is -0.495 e. The molecule has 0 spiro atoms. The number of para-hydroxylation sites is 2. The molecular formula is C11H17NO4S. The third-order valence-corrected chi connectivity index (χ3v) is 3.55. The van der Waals surface area contributed by atoms with Gasteiger partial charge in [-0.25, -0.2) is 8.42 Å². The van der Waals surface area contributed by atoms with E-state index < -0.39 is 10.0 Å². The van der Waals surface area contributed by atoms with Crippen LogP contribution in [0.3, 0.4) is 0 Å². The lowest BCUT2D eigenvalue weighted by Crippen LogP contribution is -2.17. The van der Waals surface area contributed by atoms with E-state index in [4.69, 9.17) is 9.84 Å². The second-order valence-corrected chi connectivity index (χ2v) is 5.39. The molecule has 1 aromatic rings. The summed E-state index contributed by atoms with van der Waals surface area (Å²) in [6.45, 7) is 0.00414. The monoisotopic (exact) mass is 259 g/mol. The Hall–Kier alpha value is -1.27. The molecular weight excluding hydrogens is 242 g/mol. The van der Waals surface area contributed by atoms with Crippen molar-refractivity contribution in [3.63, 3.8) is 0 Å². The Kier molecular flexibility index (Phi) is 5.24. The van der Waals surface area contributed by atoms with Gasteiger partial charge in [0.2, 0.25) is 10.0 Å². The van der Waals surface area contributed by atoms with Crippen LogP contribution in [-0.4, -0.2) is 33.0 Å². The van der Waals surface area contributed by atoms with Crippen LogP contribution in [0.5, 0.6) is 5.75 Å². The number of anilines is 1. The number of rotatable bonds is 7. The molecule has 0 radical (unpaired) electrons. The van der Waals surface area contributed by atoms with Gasteiger partial charge >= 0.3 is 0 Å². The van der Waals surface area contributed by atoms with E-state index in [2.05, 4.69) is 4.72 Å². The van der Waals surface area contributed by atoms with Crippen molar-refractivity contribution in [2.24, 2.45) is 0 Å². The van der Waals surface area contributed by atoms with Gasteiger partial charge in [-0.05, 0) is 25.0 Å². The number of aliphatic hydroxyl groups excluding tert-OH is 1. The number of aliphatic hydroxyl groups is 1. The van der Waals surface area contributed by atoms with Gasteiger partial charge < -0.3 is 9.84 Å². The third kappa shape index (κ3) is 4.62. The van der Waals surface area contributed by atoms with Crippen molar-refractivity contribution in [1.82, 2.24) is 0 Å². The number of benzene rings is 1. The molecule has 96 valence electrons. The maximum Gasteiger partial charge on any atom is 0.232 e. The van der Waals surface area contributed by atoms with Gasteiger partial charge in [0.15, 0.2) is 0 Å². The lowest BCUT2D eigenvalue weighted by molar-refractivity contribution is 0.287. The van der Waals surface area contributed by atoms with Gasteiger partial charge in [-0.2, -0.15) is 0 Å². The Morgan fingerprint density at radius 2 is 2.00 bits per heavy atom. The second-order valence-electron chi connectivity index (χ2n) is 3.55. The Morgan fingerprint density at radius 3 is 2.65 bits per heavy atom. The quantitative estimate of drug-likeness (QED) is 0.722. The summed E-state index contributed by atoms with van der Waals surface area (Å²) in [4.78, 5) is 0. The first-order chi connectivity index (χ1) is 8.09. The SMILES string of the molecule is COc1ccccc1NS(=O)(=O)CCCCO. The number of hydrogen-bond donors (Lipinski definition) is 2. The molecule has 0 saturated carbocycles. The summed E-state index contributed by atoms with van der Waals surface area (Å²) in [7, 11) is -1.90. The summed E-state index contributed by atoms with van der Waals surface area (Å²) in [5.41, 5.74) is 0.430. The molecule has 0 bridgehead atoms. The van der Waals surface area contributed by atoms with Crippen LogP contribution in [0.15, 0.2) is 24.3 Å². The van der Waals surface area contributed by atoms with E-state index >= 15 is 0 Å². The van der Waals surface area contributed by atoms with Crippen molar-refractivity contribution in [3.8, 4) is 5.75 Å². The predicted molar refractivity (Wildman–Crippen MR) is 66.7 cm³/mol. The summed E-state index contributed by atoms with van der Waals surface area (Å²) in [5, 5.41) is 8.60. The lowest BCUT2D eigenvalue weighted by atomic mass is 10.3. The zero-order chi connectivity index (χ0) is 12.7. The summed E-state index contributed by atoms with van der Waals surface area (Å²) in [5.74, 6) is 0.476. The summed E-state index contributed by atoms with van der Waals surface area (Å²) < 4.78 is 30.9. The molecule has 17 heavy (non-hydrogen) atoms. The Morgan fingerprint density at radius 1 is 1.29 bits per heavy atom. The van der Waals surface area contributed by atoms with E-state index in [-0.39, 0.29) is 12.4 Å². The number of ether oxygens (including phenoxy) is 1. The van der Waals surface area contributed by atoms with Gasteiger partial charge in [0, 0.05) is 6.61 Å². The van der Waals surface area contributed by atoms with E-state index in [9.17, 15) is 8.42 Å². The van der Waals surface area contributed by atoms with Crippen LogP contribution in [0.2, 0.25) is 0 Å². The molecule has 0 amide bonds. The van der Waals surface area contributed by atoms with Gasteiger partial charge in [0.25, 0.3) is 0 Å². The zero-order valence-electron chi connectivity index (χ0n) is 9.72. The number of hydrogen-bond acceptors (Lipinski definition) is 4. The molecule has 1 rings (SSSR count). The smallest absolute Gasteiger partial charge is 0.232 e. The van der Waals surface area contributed by atoms with Gasteiger partial charge in [-0.3, -0.25) is 4.72 Å². The van der Waals surface area contributed by atoms with E-state index in [1.165, 1.54) is 7.11 Å².